The zero-order chi connectivity index (χ0) is 20.6. The van der Waals surface area contributed by atoms with Crippen LogP contribution < -0.4 is 9.54 Å². The number of benzene rings is 2. The first-order valence-electron chi connectivity index (χ1n) is 8.38. The number of alkyl halides is 3. The molecule has 0 unspecified atom stereocenters. The number of rotatable bonds is 5. The lowest BCUT2D eigenvalue weighted by Gasteiger charge is -2.09. The minimum atomic E-state index is -4.75. The first-order chi connectivity index (χ1) is 13.8. The van der Waals surface area contributed by atoms with Crippen LogP contribution in [0.5, 0.6) is 5.75 Å². The quantitative estimate of drug-likeness (QED) is 0.490. The lowest BCUT2D eigenvalue weighted by Crippen LogP contribution is -2.17. The summed E-state index contributed by atoms with van der Waals surface area (Å²) in [5.41, 5.74) is 2.24. The first-order valence-corrected chi connectivity index (χ1v) is 9.58. The van der Waals surface area contributed by atoms with Crippen molar-refractivity contribution in [2.75, 3.05) is 0 Å². The number of fused-ring (bicyclic) bond motifs is 1. The Hall–Kier alpha value is -2.85. The van der Waals surface area contributed by atoms with E-state index >= 15 is 0 Å². The molecular formula is C18H13ClF3N5OS. The van der Waals surface area contributed by atoms with Crippen molar-refractivity contribution < 1.29 is 17.9 Å². The van der Waals surface area contributed by atoms with Crippen LogP contribution in [0.2, 0.25) is 5.02 Å². The number of aryl methyl sites for hydroxylation is 2. The molecule has 0 atom stereocenters. The fourth-order valence-corrected chi connectivity index (χ4v) is 3.94. The highest BCUT2D eigenvalue weighted by molar-refractivity contribution is 7.16. The Morgan fingerprint density at radius 2 is 1.86 bits per heavy atom. The van der Waals surface area contributed by atoms with E-state index in [1.807, 2.05) is 12.1 Å². The Morgan fingerprint density at radius 1 is 1.10 bits per heavy atom. The number of hydrogen-bond acceptors (Lipinski definition) is 5. The number of nitrogens with one attached hydrogen (secondary N) is 1. The van der Waals surface area contributed by atoms with Crippen LogP contribution in [0, 0.1) is 5.41 Å². The number of hydrogen-bond donors (Lipinski definition) is 1. The van der Waals surface area contributed by atoms with Gasteiger partial charge in [-0.1, -0.05) is 40.3 Å². The average molecular weight is 440 g/mol. The van der Waals surface area contributed by atoms with Crippen molar-refractivity contribution in [1.82, 2.24) is 19.6 Å². The Morgan fingerprint density at radius 3 is 2.59 bits per heavy atom. The number of halogens is 4. The van der Waals surface area contributed by atoms with Gasteiger partial charge < -0.3 is 9.30 Å². The SMILES string of the molecule is N=c1sc2cc(OC(F)(F)F)ccc2n1CCn1cc(-c2ccc(Cl)cc2)nn1. The maximum atomic E-state index is 12.4. The van der Waals surface area contributed by atoms with Gasteiger partial charge in [0.15, 0.2) is 4.80 Å². The molecule has 4 rings (SSSR count). The van der Waals surface area contributed by atoms with Gasteiger partial charge in [-0.05, 0) is 30.3 Å². The molecule has 0 spiro atoms. The van der Waals surface area contributed by atoms with E-state index in [1.165, 1.54) is 18.2 Å². The van der Waals surface area contributed by atoms with Crippen LogP contribution in [0.4, 0.5) is 13.2 Å². The molecule has 4 aromatic rings. The predicted octanol–water partition coefficient (Wildman–Crippen LogP) is 4.69. The summed E-state index contributed by atoms with van der Waals surface area (Å²) in [4.78, 5) is 0.224. The summed E-state index contributed by atoms with van der Waals surface area (Å²) in [6.45, 7) is 0.867. The van der Waals surface area contributed by atoms with Gasteiger partial charge in [-0.2, -0.15) is 0 Å². The normalized spacial score (nSPS) is 11.9. The van der Waals surface area contributed by atoms with Gasteiger partial charge in [-0.3, -0.25) is 10.1 Å². The highest BCUT2D eigenvalue weighted by atomic mass is 35.5. The molecule has 0 radical (unpaired) electrons. The van der Waals surface area contributed by atoms with Crippen molar-refractivity contribution in [1.29, 1.82) is 5.41 Å². The number of thiazole rings is 1. The molecule has 0 aliphatic heterocycles. The Labute approximate surface area is 171 Å². The summed E-state index contributed by atoms with van der Waals surface area (Å²) in [6.07, 6.45) is -2.96. The molecule has 0 saturated carbocycles. The van der Waals surface area contributed by atoms with Crippen molar-refractivity contribution in [2.24, 2.45) is 0 Å². The van der Waals surface area contributed by atoms with Crippen LogP contribution in [0.25, 0.3) is 21.5 Å². The molecule has 29 heavy (non-hydrogen) atoms. The van der Waals surface area contributed by atoms with Gasteiger partial charge in [0.05, 0.1) is 23.0 Å². The maximum absolute atomic E-state index is 12.4. The molecule has 0 saturated heterocycles. The summed E-state index contributed by atoms with van der Waals surface area (Å²) in [5.74, 6) is -0.303. The van der Waals surface area contributed by atoms with Gasteiger partial charge in [0, 0.05) is 17.1 Å². The first kappa shape index (κ1) is 19.5. The highest BCUT2D eigenvalue weighted by Gasteiger charge is 2.31. The second-order valence-electron chi connectivity index (χ2n) is 6.11. The molecule has 150 valence electrons. The Bertz CT molecular complexity index is 1210. The molecule has 6 nitrogen and oxygen atoms in total. The van der Waals surface area contributed by atoms with Crippen molar-refractivity contribution >= 4 is 33.2 Å². The van der Waals surface area contributed by atoms with Crippen LogP contribution in [0.15, 0.2) is 48.7 Å². The highest BCUT2D eigenvalue weighted by Crippen LogP contribution is 2.28. The molecule has 0 amide bonds. The van der Waals surface area contributed by atoms with E-state index in [9.17, 15) is 13.2 Å². The average Bonchev–Trinajstić information content (AvgIpc) is 3.23. The molecule has 11 heteroatoms. The monoisotopic (exact) mass is 439 g/mol. The summed E-state index contributed by atoms with van der Waals surface area (Å²) in [6, 6.07) is 11.3. The third kappa shape index (κ3) is 4.43. The van der Waals surface area contributed by atoms with Crippen molar-refractivity contribution in [3.8, 4) is 17.0 Å². The third-order valence-corrected chi connectivity index (χ3v) is 5.35. The number of ether oxygens (including phenoxy) is 1. The van der Waals surface area contributed by atoms with E-state index in [-0.39, 0.29) is 10.6 Å². The topological polar surface area (TPSA) is 68.7 Å². The Kier molecular flexibility index (Phi) is 5.05. The molecule has 1 N–H and O–H groups in total. The minimum Gasteiger partial charge on any atom is -0.406 e. The molecule has 2 heterocycles. The molecular weight excluding hydrogens is 427 g/mol. The van der Waals surface area contributed by atoms with E-state index in [0.29, 0.717) is 34.0 Å². The van der Waals surface area contributed by atoms with Crippen LogP contribution in [0.3, 0.4) is 0 Å². The second-order valence-corrected chi connectivity index (χ2v) is 7.58. The lowest BCUT2D eigenvalue weighted by atomic mass is 10.2. The largest absolute Gasteiger partial charge is 0.573 e. The Balaban J connectivity index is 1.52. The fourth-order valence-electron chi connectivity index (χ4n) is 2.85. The molecule has 0 aliphatic rings. The smallest absolute Gasteiger partial charge is 0.406 e. The van der Waals surface area contributed by atoms with Crippen molar-refractivity contribution in [3.05, 3.63) is 58.5 Å². The maximum Gasteiger partial charge on any atom is 0.573 e. The third-order valence-electron chi connectivity index (χ3n) is 4.14. The van der Waals surface area contributed by atoms with Crippen LogP contribution in [-0.4, -0.2) is 25.9 Å². The van der Waals surface area contributed by atoms with Gasteiger partial charge in [-0.15, -0.1) is 18.3 Å². The molecule has 0 aliphatic carbocycles. The van der Waals surface area contributed by atoms with Crippen LogP contribution in [-0.2, 0) is 13.1 Å². The van der Waals surface area contributed by atoms with Gasteiger partial charge in [0.2, 0.25) is 0 Å². The van der Waals surface area contributed by atoms with Gasteiger partial charge >= 0.3 is 6.36 Å². The second kappa shape index (κ2) is 7.53. The number of nitrogens with zero attached hydrogens (tertiary/aromatic N) is 4. The van der Waals surface area contributed by atoms with Gasteiger partial charge in [-0.25, -0.2) is 0 Å². The number of aromatic nitrogens is 4. The molecule has 2 aromatic carbocycles. The van der Waals surface area contributed by atoms with E-state index in [1.54, 1.807) is 27.6 Å². The summed E-state index contributed by atoms with van der Waals surface area (Å²) in [7, 11) is 0. The van der Waals surface area contributed by atoms with E-state index < -0.39 is 6.36 Å². The zero-order valence-electron chi connectivity index (χ0n) is 14.7. The van der Waals surface area contributed by atoms with Crippen LogP contribution in [0.1, 0.15) is 0 Å². The molecule has 0 fully saturated rings. The summed E-state index contributed by atoms with van der Waals surface area (Å²) in [5, 5.41) is 17.0. The van der Waals surface area contributed by atoms with Gasteiger partial charge in [0.1, 0.15) is 11.4 Å². The van der Waals surface area contributed by atoms with Gasteiger partial charge in [0.25, 0.3) is 0 Å². The fraction of sp³-hybridized carbons (Fsp3) is 0.167. The van der Waals surface area contributed by atoms with E-state index in [0.717, 1.165) is 16.9 Å². The van der Waals surface area contributed by atoms with E-state index in [2.05, 4.69) is 15.0 Å². The zero-order valence-corrected chi connectivity index (χ0v) is 16.2. The lowest BCUT2D eigenvalue weighted by molar-refractivity contribution is -0.274. The molecule has 0 bridgehead atoms. The standard InChI is InChI=1S/C18H13ClF3N5OS/c19-12-3-1-11(2-4-12)14-10-26(25-24-14)7-8-27-15-6-5-13(28-18(20,21)22)9-16(15)29-17(27)23/h1-6,9-10,23H,7-8H2. The minimum absolute atomic E-state index is 0.224. The van der Waals surface area contributed by atoms with Crippen molar-refractivity contribution in [2.45, 2.75) is 19.5 Å². The summed E-state index contributed by atoms with van der Waals surface area (Å²) >= 11 is 6.97. The van der Waals surface area contributed by atoms with Crippen LogP contribution >= 0.6 is 22.9 Å². The van der Waals surface area contributed by atoms with E-state index in [4.69, 9.17) is 17.0 Å². The molecule has 2 aromatic heterocycles. The summed E-state index contributed by atoms with van der Waals surface area (Å²) < 4.78 is 45.0. The van der Waals surface area contributed by atoms with Crippen molar-refractivity contribution in [3.63, 3.8) is 0 Å². The predicted molar refractivity (Wildman–Crippen MR) is 103 cm³/mol.